The molecule has 4 heteroatoms. The van der Waals surface area contributed by atoms with Gasteiger partial charge in [-0.3, -0.25) is 4.79 Å². The Morgan fingerprint density at radius 3 is 2.85 bits per heavy atom. The summed E-state index contributed by atoms with van der Waals surface area (Å²) in [6.45, 7) is 2.99. The van der Waals surface area contributed by atoms with Crippen molar-refractivity contribution in [2.45, 2.75) is 32.2 Å². The fourth-order valence-electron chi connectivity index (χ4n) is 2.82. The van der Waals surface area contributed by atoms with Crippen molar-refractivity contribution < 1.29 is 4.79 Å². The average Bonchev–Trinajstić information content (AvgIpc) is 3.01. The maximum absolute atomic E-state index is 12.8. The van der Waals surface area contributed by atoms with Crippen LogP contribution >= 0.6 is 0 Å². The van der Waals surface area contributed by atoms with Gasteiger partial charge in [0.05, 0.1) is 11.3 Å². The summed E-state index contributed by atoms with van der Waals surface area (Å²) in [5.41, 5.74) is 1.57. The lowest BCUT2D eigenvalue weighted by molar-refractivity contribution is 0.0635. The number of nitrogens with zero attached hydrogens (tertiary/aromatic N) is 3. The van der Waals surface area contributed by atoms with Gasteiger partial charge in [0.1, 0.15) is 0 Å². The lowest BCUT2D eigenvalue weighted by Crippen LogP contribution is -2.42. The number of rotatable bonds is 2. The quantitative estimate of drug-likeness (QED) is 0.840. The Morgan fingerprint density at radius 1 is 1.25 bits per heavy atom. The minimum absolute atomic E-state index is 0.114. The van der Waals surface area contributed by atoms with E-state index in [1.54, 1.807) is 10.9 Å². The molecule has 4 nitrogen and oxygen atoms in total. The molecule has 0 spiro atoms. The molecule has 2 aromatic rings. The van der Waals surface area contributed by atoms with E-state index in [1.807, 2.05) is 41.4 Å². The number of carbonyl (C=O) groups is 1. The molecule has 0 bridgehead atoms. The van der Waals surface area contributed by atoms with E-state index in [1.165, 1.54) is 6.42 Å². The zero-order valence-corrected chi connectivity index (χ0v) is 11.7. The summed E-state index contributed by atoms with van der Waals surface area (Å²) >= 11 is 0. The Morgan fingerprint density at radius 2 is 2.10 bits per heavy atom. The van der Waals surface area contributed by atoms with Crippen LogP contribution in [0.1, 0.15) is 36.5 Å². The molecule has 104 valence electrons. The number of aromatic nitrogens is 2. The van der Waals surface area contributed by atoms with Gasteiger partial charge in [0, 0.05) is 25.0 Å². The molecule has 1 fully saturated rings. The highest BCUT2D eigenvalue weighted by atomic mass is 16.2. The third-order valence-corrected chi connectivity index (χ3v) is 3.95. The summed E-state index contributed by atoms with van der Waals surface area (Å²) in [7, 11) is 0. The summed E-state index contributed by atoms with van der Waals surface area (Å²) in [4.78, 5) is 14.8. The predicted molar refractivity (Wildman–Crippen MR) is 77.9 cm³/mol. The molecule has 0 N–H and O–H groups in total. The maximum atomic E-state index is 12.8. The minimum Gasteiger partial charge on any atom is -0.336 e. The molecule has 3 rings (SSSR count). The van der Waals surface area contributed by atoms with Gasteiger partial charge in [0.25, 0.3) is 5.91 Å². The normalized spacial score (nSPS) is 19.1. The number of carbonyl (C=O) groups excluding carboxylic acids is 1. The first-order valence-corrected chi connectivity index (χ1v) is 7.17. The number of para-hydroxylation sites is 1. The highest BCUT2D eigenvalue weighted by Crippen LogP contribution is 2.22. The number of hydrogen-bond acceptors (Lipinski definition) is 2. The Balaban J connectivity index is 1.96. The van der Waals surface area contributed by atoms with E-state index in [-0.39, 0.29) is 5.91 Å². The zero-order chi connectivity index (χ0) is 13.9. The van der Waals surface area contributed by atoms with E-state index in [0.29, 0.717) is 6.04 Å². The first-order chi connectivity index (χ1) is 9.77. The molecule has 1 aromatic heterocycles. The van der Waals surface area contributed by atoms with Crippen LogP contribution in [-0.2, 0) is 0 Å². The van der Waals surface area contributed by atoms with Crippen LogP contribution < -0.4 is 0 Å². The molecule has 1 aliphatic rings. The highest BCUT2D eigenvalue weighted by molar-refractivity contribution is 5.98. The molecule has 1 atom stereocenters. The minimum atomic E-state index is 0.114. The standard InChI is InChI=1S/C16H19N3O/c1-13-7-4-5-11-18(13)16(20)14-8-2-3-9-15(14)19-12-6-10-17-19/h2-3,6,8-10,12-13H,4-5,7,11H2,1H3. The molecular weight excluding hydrogens is 250 g/mol. The SMILES string of the molecule is CC1CCCCN1C(=O)c1ccccc1-n1cccn1. The fourth-order valence-corrected chi connectivity index (χ4v) is 2.82. The summed E-state index contributed by atoms with van der Waals surface area (Å²) in [6.07, 6.45) is 7.00. The van der Waals surface area contributed by atoms with Gasteiger partial charge in [-0.05, 0) is 44.4 Å². The first kappa shape index (κ1) is 12.9. The van der Waals surface area contributed by atoms with E-state index < -0.39 is 0 Å². The number of piperidine rings is 1. The first-order valence-electron chi connectivity index (χ1n) is 7.17. The smallest absolute Gasteiger partial charge is 0.256 e. The second-order valence-corrected chi connectivity index (χ2v) is 5.31. The second kappa shape index (κ2) is 5.49. The fraction of sp³-hybridized carbons (Fsp3) is 0.375. The van der Waals surface area contributed by atoms with Gasteiger partial charge in [0.15, 0.2) is 0 Å². The molecule has 1 amide bonds. The van der Waals surface area contributed by atoms with E-state index in [2.05, 4.69) is 12.0 Å². The molecule has 1 aromatic carbocycles. The molecule has 0 radical (unpaired) electrons. The van der Waals surface area contributed by atoms with E-state index >= 15 is 0 Å². The third-order valence-electron chi connectivity index (χ3n) is 3.95. The van der Waals surface area contributed by atoms with Gasteiger partial charge in [-0.25, -0.2) is 4.68 Å². The van der Waals surface area contributed by atoms with Crippen molar-refractivity contribution in [1.29, 1.82) is 0 Å². The van der Waals surface area contributed by atoms with Crippen LogP contribution in [0.5, 0.6) is 0 Å². The molecule has 1 saturated heterocycles. The molecule has 0 aliphatic carbocycles. The Hall–Kier alpha value is -2.10. The number of likely N-dealkylation sites (tertiary alicyclic amines) is 1. The number of amides is 1. The van der Waals surface area contributed by atoms with Crippen molar-refractivity contribution in [1.82, 2.24) is 14.7 Å². The summed E-state index contributed by atoms with van der Waals surface area (Å²) in [5, 5.41) is 4.24. The van der Waals surface area contributed by atoms with Crippen molar-refractivity contribution in [3.8, 4) is 5.69 Å². The molecule has 2 heterocycles. The van der Waals surface area contributed by atoms with Crippen LogP contribution in [0.3, 0.4) is 0 Å². The van der Waals surface area contributed by atoms with Crippen molar-refractivity contribution in [3.05, 3.63) is 48.3 Å². The predicted octanol–water partition coefficient (Wildman–Crippen LogP) is 2.89. The second-order valence-electron chi connectivity index (χ2n) is 5.31. The van der Waals surface area contributed by atoms with E-state index in [9.17, 15) is 4.79 Å². The molecular formula is C16H19N3O. The third kappa shape index (κ3) is 2.33. The lowest BCUT2D eigenvalue weighted by Gasteiger charge is -2.33. The van der Waals surface area contributed by atoms with Gasteiger partial charge in [-0.2, -0.15) is 5.10 Å². The van der Waals surface area contributed by atoms with Gasteiger partial charge < -0.3 is 4.90 Å². The monoisotopic (exact) mass is 269 g/mol. The van der Waals surface area contributed by atoms with Crippen LogP contribution in [0.15, 0.2) is 42.7 Å². The van der Waals surface area contributed by atoms with Crippen molar-refractivity contribution >= 4 is 5.91 Å². The van der Waals surface area contributed by atoms with Gasteiger partial charge in [-0.15, -0.1) is 0 Å². The molecule has 0 saturated carbocycles. The van der Waals surface area contributed by atoms with Gasteiger partial charge in [0.2, 0.25) is 0 Å². The molecule has 1 unspecified atom stereocenters. The average molecular weight is 269 g/mol. The zero-order valence-electron chi connectivity index (χ0n) is 11.7. The molecule has 1 aliphatic heterocycles. The Bertz CT molecular complexity index is 592. The van der Waals surface area contributed by atoms with E-state index in [0.717, 1.165) is 30.6 Å². The molecule has 20 heavy (non-hydrogen) atoms. The van der Waals surface area contributed by atoms with Gasteiger partial charge in [-0.1, -0.05) is 12.1 Å². The summed E-state index contributed by atoms with van der Waals surface area (Å²) in [5.74, 6) is 0.114. The van der Waals surface area contributed by atoms with Crippen LogP contribution in [0.2, 0.25) is 0 Å². The highest BCUT2D eigenvalue weighted by Gasteiger charge is 2.26. The van der Waals surface area contributed by atoms with Crippen LogP contribution in [-0.4, -0.2) is 33.2 Å². The lowest BCUT2D eigenvalue weighted by atomic mass is 10.0. The summed E-state index contributed by atoms with van der Waals surface area (Å²) in [6, 6.07) is 9.87. The van der Waals surface area contributed by atoms with Crippen molar-refractivity contribution in [3.63, 3.8) is 0 Å². The van der Waals surface area contributed by atoms with Crippen LogP contribution in [0, 0.1) is 0 Å². The van der Waals surface area contributed by atoms with Crippen molar-refractivity contribution in [2.75, 3.05) is 6.54 Å². The Labute approximate surface area is 119 Å². The van der Waals surface area contributed by atoms with Gasteiger partial charge >= 0.3 is 0 Å². The summed E-state index contributed by atoms with van der Waals surface area (Å²) < 4.78 is 1.75. The van der Waals surface area contributed by atoms with Crippen LogP contribution in [0.25, 0.3) is 5.69 Å². The Kier molecular flexibility index (Phi) is 3.54. The van der Waals surface area contributed by atoms with Crippen molar-refractivity contribution in [2.24, 2.45) is 0 Å². The number of hydrogen-bond donors (Lipinski definition) is 0. The largest absolute Gasteiger partial charge is 0.336 e. The van der Waals surface area contributed by atoms with Crippen LogP contribution in [0.4, 0.5) is 0 Å². The topological polar surface area (TPSA) is 38.1 Å². The van der Waals surface area contributed by atoms with E-state index in [4.69, 9.17) is 0 Å². The number of benzene rings is 1. The maximum Gasteiger partial charge on any atom is 0.256 e.